The van der Waals surface area contributed by atoms with Crippen LogP contribution in [-0.4, -0.2) is 12.6 Å². The number of hydrogen-bond acceptors (Lipinski definition) is 1. The van der Waals surface area contributed by atoms with Gasteiger partial charge in [-0.05, 0) is 65.1 Å². The molecule has 0 saturated heterocycles. The first kappa shape index (κ1) is 15.0. The van der Waals surface area contributed by atoms with Gasteiger partial charge in [0, 0.05) is 9.61 Å². The van der Waals surface area contributed by atoms with Gasteiger partial charge in [0.15, 0.2) is 0 Å². The lowest BCUT2D eigenvalue weighted by atomic mass is 9.82. The Morgan fingerprint density at radius 2 is 1.76 bits per heavy atom. The van der Waals surface area contributed by atoms with E-state index in [1.807, 2.05) is 0 Å². The number of nitrogens with one attached hydrogen (secondary N) is 1. The van der Waals surface area contributed by atoms with Gasteiger partial charge >= 0.3 is 0 Å². The SMILES string of the molecule is CC(C)NCCC(C)(C)Cc1ccc(I)cc1. The van der Waals surface area contributed by atoms with E-state index < -0.39 is 0 Å². The van der Waals surface area contributed by atoms with Crippen molar-refractivity contribution in [1.82, 2.24) is 5.32 Å². The van der Waals surface area contributed by atoms with Gasteiger partial charge in [0.25, 0.3) is 0 Å². The largest absolute Gasteiger partial charge is 0.315 e. The molecule has 0 aliphatic heterocycles. The third kappa shape index (κ3) is 6.41. The van der Waals surface area contributed by atoms with Crippen molar-refractivity contribution in [3.8, 4) is 0 Å². The summed E-state index contributed by atoms with van der Waals surface area (Å²) in [5.41, 5.74) is 1.81. The average Bonchev–Trinajstić information content (AvgIpc) is 2.20. The van der Waals surface area contributed by atoms with Gasteiger partial charge in [-0.25, -0.2) is 0 Å². The lowest BCUT2D eigenvalue weighted by molar-refractivity contribution is 0.320. The third-order valence-electron chi connectivity index (χ3n) is 2.95. The van der Waals surface area contributed by atoms with E-state index in [9.17, 15) is 0 Å². The van der Waals surface area contributed by atoms with E-state index in [4.69, 9.17) is 0 Å². The molecule has 17 heavy (non-hydrogen) atoms. The topological polar surface area (TPSA) is 12.0 Å². The zero-order valence-electron chi connectivity index (χ0n) is 11.4. The Hall–Kier alpha value is -0.0900. The Balaban J connectivity index is 2.45. The molecule has 0 unspecified atom stereocenters. The maximum absolute atomic E-state index is 3.50. The summed E-state index contributed by atoms with van der Waals surface area (Å²) in [5, 5.41) is 3.50. The summed E-state index contributed by atoms with van der Waals surface area (Å²) >= 11 is 2.35. The van der Waals surface area contributed by atoms with Crippen LogP contribution in [-0.2, 0) is 6.42 Å². The maximum Gasteiger partial charge on any atom is 0.0130 e. The summed E-state index contributed by atoms with van der Waals surface area (Å²) in [7, 11) is 0. The lowest BCUT2D eigenvalue weighted by Gasteiger charge is -2.25. The van der Waals surface area contributed by atoms with Gasteiger partial charge in [-0.3, -0.25) is 0 Å². The van der Waals surface area contributed by atoms with Gasteiger partial charge in [0.2, 0.25) is 0 Å². The second-order valence-electron chi connectivity index (χ2n) is 5.83. The van der Waals surface area contributed by atoms with Gasteiger partial charge < -0.3 is 5.32 Å². The van der Waals surface area contributed by atoms with E-state index in [0.717, 1.165) is 13.0 Å². The summed E-state index contributed by atoms with van der Waals surface area (Å²) in [6, 6.07) is 9.47. The first-order valence-electron chi connectivity index (χ1n) is 6.37. The highest BCUT2D eigenvalue weighted by atomic mass is 127. The number of rotatable bonds is 6. The molecular formula is C15H24IN. The number of benzene rings is 1. The van der Waals surface area contributed by atoms with Gasteiger partial charge in [0.1, 0.15) is 0 Å². The Bertz CT molecular complexity index is 327. The lowest BCUT2D eigenvalue weighted by Crippen LogP contribution is -2.28. The van der Waals surface area contributed by atoms with Crippen LogP contribution in [0.5, 0.6) is 0 Å². The molecule has 0 aliphatic rings. The molecule has 0 saturated carbocycles. The van der Waals surface area contributed by atoms with E-state index in [0.29, 0.717) is 11.5 Å². The molecule has 1 N–H and O–H groups in total. The molecule has 1 aromatic rings. The van der Waals surface area contributed by atoms with Gasteiger partial charge in [-0.15, -0.1) is 0 Å². The highest BCUT2D eigenvalue weighted by Gasteiger charge is 2.18. The first-order chi connectivity index (χ1) is 7.89. The van der Waals surface area contributed by atoms with Crippen molar-refractivity contribution >= 4 is 22.6 Å². The van der Waals surface area contributed by atoms with Crippen LogP contribution in [0.2, 0.25) is 0 Å². The Kier molecular flexibility index (Phi) is 5.93. The van der Waals surface area contributed by atoms with E-state index in [-0.39, 0.29) is 0 Å². The molecule has 0 amide bonds. The highest BCUT2D eigenvalue weighted by Crippen LogP contribution is 2.25. The fourth-order valence-electron chi connectivity index (χ4n) is 1.94. The van der Waals surface area contributed by atoms with Crippen LogP contribution in [0.15, 0.2) is 24.3 Å². The van der Waals surface area contributed by atoms with Crippen molar-refractivity contribution in [1.29, 1.82) is 0 Å². The quantitative estimate of drug-likeness (QED) is 0.760. The van der Waals surface area contributed by atoms with Crippen LogP contribution in [0.3, 0.4) is 0 Å². The fraction of sp³-hybridized carbons (Fsp3) is 0.600. The smallest absolute Gasteiger partial charge is 0.0130 e. The van der Waals surface area contributed by atoms with Crippen LogP contribution in [0.25, 0.3) is 0 Å². The molecule has 0 spiro atoms. The second kappa shape index (κ2) is 6.74. The monoisotopic (exact) mass is 345 g/mol. The predicted octanol–water partition coefficient (Wildman–Crippen LogP) is 4.25. The van der Waals surface area contributed by atoms with E-state index in [1.54, 1.807) is 0 Å². The van der Waals surface area contributed by atoms with Crippen LogP contribution >= 0.6 is 22.6 Å². The van der Waals surface area contributed by atoms with Crippen molar-refractivity contribution in [2.75, 3.05) is 6.54 Å². The predicted molar refractivity (Wildman–Crippen MR) is 84.4 cm³/mol. The Morgan fingerprint density at radius 1 is 1.18 bits per heavy atom. The molecule has 0 heterocycles. The number of halogens is 1. The fourth-order valence-corrected chi connectivity index (χ4v) is 2.30. The summed E-state index contributed by atoms with van der Waals surface area (Å²) in [6.45, 7) is 10.2. The Labute approximate surface area is 120 Å². The molecule has 1 aromatic carbocycles. The molecular weight excluding hydrogens is 321 g/mol. The van der Waals surface area contributed by atoms with Gasteiger partial charge in [-0.1, -0.05) is 39.8 Å². The molecule has 0 atom stereocenters. The van der Waals surface area contributed by atoms with Crippen molar-refractivity contribution in [2.45, 2.75) is 46.6 Å². The minimum Gasteiger partial charge on any atom is -0.315 e. The zero-order valence-corrected chi connectivity index (χ0v) is 13.5. The minimum atomic E-state index is 0.370. The third-order valence-corrected chi connectivity index (χ3v) is 3.67. The van der Waals surface area contributed by atoms with E-state index in [2.05, 4.69) is 79.9 Å². The van der Waals surface area contributed by atoms with Crippen molar-refractivity contribution in [3.63, 3.8) is 0 Å². The number of hydrogen-bond donors (Lipinski definition) is 1. The Morgan fingerprint density at radius 3 is 2.29 bits per heavy atom. The molecule has 0 radical (unpaired) electrons. The molecule has 2 heteroatoms. The normalized spacial score (nSPS) is 12.1. The molecule has 96 valence electrons. The minimum absolute atomic E-state index is 0.370. The molecule has 1 rings (SSSR count). The van der Waals surface area contributed by atoms with Crippen LogP contribution in [0, 0.1) is 8.99 Å². The standard InChI is InChI=1S/C15H24IN/c1-12(2)17-10-9-15(3,4)11-13-5-7-14(16)8-6-13/h5-8,12,17H,9-11H2,1-4H3. The average molecular weight is 345 g/mol. The van der Waals surface area contributed by atoms with Crippen molar-refractivity contribution < 1.29 is 0 Å². The summed E-state index contributed by atoms with van der Waals surface area (Å²) < 4.78 is 1.31. The van der Waals surface area contributed by atoms with E-state index >= 15 is 0 Å². The molecule has 0 aliphatic carbocycles. The van der Waals surface area contributed by atoms with Crippen molar-refractivity contribution in [2.24, 2.45) is 5.41 Å². The van der Waals surface area contributed by atoms with Crippen LogP contribution in [0.4, 0.5) is 0 Å². The summed E-state index contributed by atoms with van der Waals surface area (Å²) in [6.07, 6.45) is 2.38. The van der Waals surface area contributed by atoms with Crippen LogP contribution in [0.1, 0.15) is 39.7 Å². The van der Waals surface area contributed by atoms with Gasteiger partial charge in [-0.2, -0.15) is 0 Å². The molecule has 0 aromatic heterocycles. The first-order valence-corrected chi connectivity index (χ1v) is 7.45. The summed E-state index contributed by atoms with van der Waals surface area (Å²) in [5.74, 6) is 0. The molecule has 0 bridgehead atoms. The second-order valence-corrected chi connectivity index (χ2v) is 7.07. The van der Waals surface area contributed by atoms with Crippen LogP contribution < -0.4 is 5.32 Å². The van der Waals surface area contributed by atoms with E-state index in [1.165, 1.54) is 15.6 Å². The molecule has 1 nitrogen and oxygen atoms in total. The maximum atomic E-state index is 3.50. The zero-order chi connectivity index (χ0) is 12.9. The van der Waals surface area contributed by atoms with Gasteiger partial charge in [0.05, 0.1) is 0 Å². The highest BCUT2D eigenvalue weighted by molar-refractivity contribution is 14.1. The van der Waals surface area contributed by atoms with Crippen molar-refractivity contribution in [3.05, 3.63) is 33.4 Å². The molecule has 0 fully saturated rings. The summed E-state index contributed by atoms with van der Waals surface area (Å²) in [4.78, 5) is 0.